The molecule has 1 saturated heterocycles. The lowest BCUT2D eigenvalue weighted by molar-refractivity contribution is -0.112. The Morgan fingerprint density at radius 3 is 2.48 bits per heavy atom. The van der Waals surface area contributed by atoms with Crippen LogP contribution in [0.2, 0.25) is 0 Å². The highest BCUT2D eigenvalue weighted by atomic mass is 16.1. The first-order valence-electron chi connectivity index (χ1n) is 6.80. The number of likely N-dealkylation sites (N-methyl/N-ethyl adjacent to an activating group) is 1. The minimum Gasteiger partial charge on any atom is -0.399 e. The highest BCUT2D eigenvalue weighted by molar-refractivity contribution is 6.06. The van der Waals surface area contributed by atoms with Gasteiger partial charge in [0.25, 0.3) is 5.91 Å². The van der Waals surface area contributed by atoms with Crippen molar-refractivity contribution in [2.75, 3.05) is 44.3 Å². The number of rotatable bonds is 3. The average molecular weight is 285 g/mol. The van der Waals surface area contributed by atoms with Crippen LogP contribution in [0.5, 0.6) is 0 Å². The predicted octanol–water partition coefficient (Wildman–Crippen LogP) is 0.862. The van der Waals surface area contributed by atoms with E-state index in [1.165, 1.54) is 0 Å². The summed E-state index contributed by atoms with van der Waals surface area (Å²) in [5.41, 5.74) is 6.94. The monoisotopic (exact) mass is 285 g/mol. The molecule has 21 heavy (non-hydrogen) atoms. The number of carbonyl (C=O) groups excluding carboxylic acids is 1. The third-order valence-corrected chi connectivity index (χ3v) is 3.38. The number of hydrogen-bond acceptors (Lipinski definition) is 5. The molecule has 0 unspecified atom stereocenters. The summed E-state index contributed by atoms with van der Waals surface area (Å²) < 4.78 is 0. The van der Waals surface area contributed by atoms with Crippen LogP contribution < -0.4 is 11.1 Å². The van der Waals surface area contributed by atoms with Crippen LogP contribution >= 0.6 is 0 Å². The molecule has 0 bridgehead atoms. The van der Waals surface area contributed by atoms with Crippen LogP contribution in [0.1, 0.15) is 0 Å². The van der Waals surface area contributed by atoms with E-state index in [-0.39, 0.29) is 5.57 Å². The van der Waals surface area contributed by atoms with Gasteiger partial charge >= 0.3 is 0 Å². The average Bonchev–Trinajstić information content (AvgIpc) is 2.49. The summed E-state index contributed by atoms with van der Waals surface area (Å²) in [6.45, 7) is 3.48. The molecule has 1 heterocycles. The maximum Gasteiger partial charge on any atom is 0.267 e. The second kappa shape index (κ2) is 6.77. The molecule has 1 aliphatic rings. The number of hydrogen-bond donors (Lipinski definition) is 2. The second-order valence-electron chi connectivity index (χ2n) is 5.07. The summed E-state index contributed by atoms with van der Waals surface area (Å²) in [4.78, 5) is 16.3. The van der Waals surface area contributed by atoms with E-state index in [9.17, 15) is 4.79 Å². The van der Waals surface area contributed by atoms with Crippen LogP contribution in [0.25, 0.3) is 0 Å². The van der Waals surface area contributed by atoms with Crippen LogP contribution in [0.3, 0.4) is 0 Å². The maximum atomic E-state index is 12.1. The number of amides is 1. The quantitative estimate of drug-likeness (QED) is 0.489. The van der Waals surface area contributed by atoms with Crippen molar-refractivity contribution in [3.05, 3.63) is 36.0 Å². The molecule has 0 spiro atoms. The van der Waals surface area contributed by atoms with Gasteiger partial charge in [-0.2, -0.15) is 5.26 Å². The second-order valence-corrected chi connectivity index (χ2v) is 5.07. The largest absolute Gasteiger partial charge is 0.399 e. The molecule has 1 aromatic carbocycles. The Bertz CT molecular complexity index is 565. The Kier molecular flexibility index (Phi) is 4.80. The lowest BCUT2D eigenvalue weighted by atomic mass is 10.2. The molecule has 1 fully saturated rings. The van der Waals surface area contributed by atoms with Crippen molar-refractivity contribution in [3.63, 3.8) is 0 Å². The molecule has 0 atom stereocenters. The smallest absolute Gasteiger partial charge is 0.267 e. The van der Waals surface area contributed by atoms with Crippen LogP contribution in [-0.4, -0.2) is 48.9 Å². The van der Waals surface area contributed by atoms with Crippen molar-refractivity contribution in [2.45, 2.75) is 0 Å². The molecule has 110 valence electrons. The Balaban J connectivity index is 2.01. The minimum absolute atomic E-state index is 0.108. The van der Waals surface area contributed by atoms with Gasteiger partial charge in [0.05, 0.1) is 0 Å². The zero-order chi connectivity index (χ0) is 15.2. The molecule has 0 aliphatic carbocycles. The first-order valence-corrected chi connectivity index (χ1v) is 6.80. The molecule has 1 aromatic rings. The van der Waals surface area contributed by atoms with Crippen molar-refractivity contribution in [1.82, 2.24) is 9.80 Å². The van der Waals surface area contributed by atoms with Gasteiger partial charge < -0.3 is 20.9 Å². The first-order chi connectivity index (χ1) is 10.1. The summed E-state index contributed by atoms with van der Waals surface area (Å²) in [6.07, 6.45) is 1.64. The van der Waals surface area contributed by atoms with Crippen LogP contribution in [0.4, 0.5) is 11.4 Å². The SMILES string of the molecule is CN1CCN(/C=C(/C#N)C(=O)Nc2ccc(N)cc2)CC1. The molecule has 3 N–H and O–H groups in total. The number of anilines is 2. The van der Waals surface area contributed by atoms with E-state index in [2.05, 4.69) is 17.3 Å². The zero-order valence-electron chi connectivity index (χ0n) is 12.0. The third-order valence-electron chi connectivity index (χ3n) is 3.38. The Hall–Kier alpha value is -2.52. The standard InChI is InChI=1S/C15H19N5O/c1-19-6-8-20(9-7-19)11-12(10-16)15(21)18-14-4-2-13(17)3-5-14/h2-5,11H,6-9,17H2,1H3,(H,18,21)/b12-11-. The van der Waals surface area contributed by atoms with Gasteiger partial charge in [0, 0.05) is 43.8 Å². The fourth-order valence-electron chi connectivity index (χ4n) is 2.04. The van der Waals surface area contributed by atoms with E-state index < -0.39 is 5.91 Å². The van der Waals surface area contributed by atoms with Gasteiger partial charge in [0.2, 0.25) is 0 Å². The Morgan fingerprint density at radius 2 is 1.90 bits per heavy atom. The molecule has 2 rings (SSSR count). The molecular formula is C15H19N5O. The van der Waals surface area contributed by atoms with Crippen LogP contribution in [-0.2, 0) is 4.79 Å². The topological polar surface area (TPSA) is 85.4 Å². The van der Waals surface area contributed by atoms with Gasteiger partial charge in [-0.3, -0.25) is 4.79 Å². The number of nitrogen functional groups attached to an aromatic ring is 1. The summed E-state index contributed by atoms with van der Waals surface area (Å²) in [5.74, 6) is -0.402. The summed E-state index contributed by atoms with van der Waals surface area (Å²) >= 11 is 0. The van der Waals surface area contributed by atoms with E-state index in [0.717, 1.165) is 26.2 Å². The van der Waals surface area contributed by atoms with E-state index in [1.54, 1.807) is 30.5 Å². The summed E-state index contributed by atoms with van der Waals surface area (Å²) in [7, 11) is 2.06. The lowest BCUT2D eigenvalue weighted by Gasteiger charge is -2.31. The fraction of sp³-hybridized carbons (Fsp3) is 0.333. The number of nitrogens with one attached hydrogen (secondary N) is 1. The molecule has 6 heteroatoms. The molecule has 6 nitrogen and oxygen atoms in total. The van der Waals surface area contributed by atoms with Gasteiger partial charge in [0.1, 0.15) is 11.6 Å². The molecule has 0 aromatic heterocycles. The normalized spacial score (nSPS) is 16.4. The van der Waals surface area contributed by atoms with Crippen molar-refractivity contribution in [2.24, 2.45) is 0 Å². The third kappa shape index (κ3) is 4.23. The Morgan fingerprint density at radius 1 is 1.29 bits per heavy atom. The minimum atomic E-state index is -0.402. The van der Waals surface area contributed by atoms with Gasteiger partial charge in [-0.15, -0.1) is 0 Å². The summed E-state index contributed by atoms with van der Waals surface area (Å²) in [5, 5.41) is 11.9. The number of nitriles is 1. The van der Waals surface area contributed by atoms with Crippen molar-refractivity contribution in [1.29, 1.82) is 5.26 Å². The number of nitrogens with two attached hydrogens (primary N) is 1. The van der Waals surface area contributed by atoms with Gasteiger partial charge in [0.15, 0.2) is 0 Å². The molecule has 0 radical (unpaired) electrons. The molecule has 0 saturated carbocycles. The van der Waals surface area contributed by atoms with Gasteiger partial charge in [-0.05, 0) is 31.3 Å². The van der Waals surface area contributed by atoms with E-state index >= 15 is 0 Å². The fourth-order valence-corrected chi connectivity index (χ4v) is 2.04. The first kappa shape index (κ1) is 14.9. The molecular weight excluding hydrogens is 266 g/mol. The van der Waals surface area contributed by atoms with Gasteiger partial charge in [-0.25, -0.2) is 0 Å². The van der Waals surface area contributed by atoms with E-state index in [1.807, 2.05) is 11.0 Å². The van der Waals surface area contributed by atoms with Crippen molar-refractivity contribution >= 4 is 17.3 Å². The van der Waals surface area contributed by atoms with Crippen molar-refractivity contribution < 1.29 is 4.79 Å². The van der Waals surface area contributed by atoms with Gasteiger partial charge in [-0.1, -0.05) is 0 Å². The predicted molar refractivity (Wildman–Crippen MR) is 82.3 cm³/mol. The number of piperazine rings is 1. The summed E-state index contributed by atoms with van der Waals surface area (Å²) in [6, 6.07) is 8.77. The van der Waals surface area contributed by atoms with Crippen LogP contribution in [0, 0.1) is 11.3 Å². The lowest BCUT2D eigenvalue weighted by Crippen LogP contribution is -2.42. The molecule has 1 aliphatic heterocycles. The number of benzene rings is 1. The van der Waals surface area contributed by atoms with E-state index in [4.69, 9.17) is 11.0 Å². The maximum absolute atomic E-state index is 12.1. The number of carbonyl (C=O) groups is 1. The highest BCUT2D eigenvalue weighted by Gasteiger charge is 2.15. The highest BCUT2D eigenvalue weighted by Crippen LogP contribution is 2.12. The Labute approximate surface area is 124 Å². The van der Waals surface area contributed by atoms with E-state index in [0.29, 0.717) is 11.4 Å². The van der Waals surface area contributed by atoms with Crippen LogP contribution in [0.15, 0.2) is 36.0 Å². The zero-order valence-corrected chi connectivity index (χ0v) is 12.0. The molecule has 1 amide bonds. The number of nitrogens with zero attached hydrogens (tertiary/aromatic N) is 3. The van der Waals surface area contributed by atoms with Crippen molar-refractivity contribution in [3.8, 4) is 6.07 Å².